The molecule has 0 spiro atoms. The van der Waals surface area contributed by atoms with E-state index in [0.29, 0.717) is 18.1 Å². The molecule has 0 radical (unpaired) electrons. The Bertz CT molecular complexity index is 197. The summed E-state index contributed by atoms with van der Waals surface area (Å²) in [4.78, 5) is 2.62. The molecule has 3 nitrogen and oxygen atoms in total. The van der Waals surface area contributed by atoms with Crippen LogP contribution in [0.4, 0.5) is 0 Å². The Morgan fingerprint density at radius 3 is 2.82 bits per heavy atom. The first-order chi connectivity index (χ1) is 8.15. The summed E-state index contributed by atoms with van der Waals surface area (Å²) in [5, 5.41) is 3.57. The van der Waals surface area contributed by atoms with E-state index in [0.717, 1.165) is 26.2 Å². The molecular formula is C14H30N2O. The molecule has 0 aromatic heterocycles. The van der Waals surface area contributed by atoms with Gasteiger partial charge >= 0.3 is 0 Å². The summed E-state index contributed by atoms with van der Waals surface area (Å²) in [6.45, 7) is 14.5. The van der Waals surface area contributed by atoms with E-state index >= 15 is 0 Å². The first-order valence-electron chi connectivity index (χ1n) is 7.21. The summed E-state index contributed by atoms with van der Waals surface area (Å²) in [5.74, 6) is 0.699. The van der Waals surface area contributed by atoms with E-state index in [1.54, 1.807) is 0 Å². The fourth-order valence-corrected chi connectivity index (χ4v) is 2.54. The van der Waals surface area contributed by atoms with Gasteiger partial charge in [0.25, 0.3) is 0 Å². The molecule has 0 amide bonds. The molecule has 1 N–H and O–H groups in total. The quantitative estimate of drug-likeness (QED) is 0.722. The maximum Gasteiger partial charge on any atom is 0.0674 e. The number of rotatable bonds is 6. The molecule has 1 fully saturated rings. The Morgan fingerprint density at radius 1 is 1.41 bits per heavy atom. The molecule has 1 aliphatic rings. The fourth-order valence-electron chi connectivity index (χ4n) is 2.54. The lowest BCUT2D eigenvalue weighted by molar-refractivity contribution is 0.0553. The van der Waals surface area contributed by atoms with Crippen molar-refractivity contribution in [2.45, 2.75) is 52.7 Å². The summed E-state index contributed by atoms with van der Waals surface area (Å²) in [6, 6.07) is 0.644. The first kappa shape index (κ1) is 14.9. The molecule has 0 aromatic carbocycles. The van der Waals surface area contributed by atoms with Crippen molar-refractivity contribution in [3.63, 3.8) is 0 Å². The molecule has 1 rings (SSSR count). The molecule has 17 heavy (non-hydrogen) atoms. The highest BCUT2D eigenvalue weighted by atomic mass is 16.5. The van der Waals surface area contributed by atoms with Crippen molar-refractivity contribution in [2.24, 2.45) is 5.92 Å². The van der Waals surface area contributed by atoms with Crippen LogP contribution in [-0.2, 0) is 4.74 Å². The zero-order valence-corrected chi connectivity index (χ0v) is 12.0. The van der Waals surface area contributed by atoms with Crippen molar-refractivity contribution in [1.82, 2.24) is 10.2 Å². The molecule has 2 unspecified atom stereocenters. The van der Waals surface area contributed by atoms with Gasteiger partial charge in [-0.25, -0.2) is 0 Å². The minimum absolute atomic E-state index is 0.380. The second-order valence-corrected chi connectivity index (χ2v) is 5.55. The molecule has 3 heteroatoms. The van der Waals surface area contributed by atoms with Crippen LogP contribution < -0.4 is 5.32 Å². The predicted octanol–water partition coefficient (Wildman–Crippen LogP) is 2.12. The van der Waals surface area contributed by atoms with Gasteiger partial charge in [-0.2, -0.15) is 0 Å². The molecule has 102 valence electrons. The SMILES string of the molecule is CCCNCC(C(C)C)N1CCCOC(C)C1. The molecule has 0 bridgehead atoms. The molecule has 2 atom stereocenters. The third-order valence-electron chi connectivity index (χ3n) is 3.50. The summed E-state index contributed by atoms with van der Waals surface area (Å²) >= 11 is 0. The molecule has 0 aliphatic carbocycles. The van der Waals surface area contributed by atoms with Crippen molar-refractivity contribution in [1.29, 1.82) is 0 Å². The smallest absolute Gasteiger partial charge is 0.0674 e. The van der Waals surface area contributed by atoms with Gasteiger partial charge < -0.3 is 10.1 Å². The summed E-state index contributed by atoms with van der Waals surface area (Å²) in [5.41, 5.74) is 0. The van der Waals surface area contributed by atoms with E-state index in [9.17, 15) is 0 Å². The summed E-state index contributed by atoms with van der Waals surface area (Å²) in [7, 11) is 0. The van der Waals surface area contributed by atoms with Crippen LogP contribution in [0, 0.1) is 5.92 Å². The van der Waals surface area contributed by atoms with E-state index in [1.165, 1.54) is 19.4 Å². The summed E-state index contributed by atoms with van der Waals surface area (Å²) in [6.07, 6.45) is 2.76. The monoisotopic (exact) mass is 242 g/mol. The van der Waals surface area contributed by atoms with Crippen LogP contribution >= 0.6 is 0 Å². The van der Waals surface area contributed by atoms with Gasteiger partial charge in [-0.05, 0) is 32.2 Å². The van der Waals surface area contributed by atoms with Crippen molar-refractivity contribution in [3.05, 3.63) is 0 Å². The lowest BCUT2D eigenvalue weighted by Crippen LogP contribution is -2.47. The van der Waals surface area contributed by atoms with Crippen LogP contribution in [0.2, 0.25) is 0 Å². The lowest BCUT2D eigenvalue weighted by Gasteiger charge is -2.34. The predicted molar refractivity (Wildman–Crippen MR) is 73.4 cm³/mol. The largest absolute Gasteiger partial charge is 0.377 e. The van der Waals surface area contributed by atoms with Gasteiger partial charge in [-0.3, -0.25) is 4.90 Å². The van der Waals surface area contributed by atoms with Gasteiger partial charge in [-0.15, -0.1) is 0 Å². The average molecular weight is 242 g/mol. The van der Waals surface area contributed by atoms with Crippen LogP contribution in [0.1, 0.15) is 40.5 Å². The Morgan fingerprint density at radius 2 is 2.18 bits per heavy atom. The molecule has 1 heterocycles. The maximum absolute atomic E-state index is 5.73. The normalized spacial score (nSPS) is 24.9. The zero-order valence-electron chi connectivity index (χ0n) is 12.0. The van der Waals surface area contributed by atoms with E-state index < -0.39 is 0 Å². The Labute approximate surface area is 107 Å². The lowest BCUT2D eigenvalue weighted by atomic mass is 10.0. The van der Waals surface area contributed by atoms with Crippen LogP contribution in [-0.4, -0.2) is 49.8 Å². The minimum Gasteiger partial charge on any atom is -0.377 e. The molecule has 0 aromatic rings. The maximum atomic E-state index is 5.73. The number of hydrogen-bond acceptors (Lipinski definition) is 3. The van der Waals surface area contributed by atoms with Crippen molar-refractivity contribution >= 4 is 0 Å². The average Bonchev–Trinajstić information content (AvgIpc) is 2.48. The van der Waals surface area contributed by atoms with Crippen molar-refractivity contribution in [2.75, 3.05) is 32.8 Å². The van der Waals surface area contributed by atoms with E-state index in [-0.39, 0.29) is 0 Å². The number of nitrogens with one attached hydrogen (secondary N) is 1. The van der Waals surface area contributed by atoms with Crippen molar-refractivity contribution in [3.8, 4) is 0 Å². The number of hydrogen-bond donors (Lipinski definition) is 1. The van der Waals surface area contributed by atoms with Gasteiger partial charge in [0, 0.05) is 32.3 Å². The van der Waals surface area contributed by atoms with Crippen LogP contribution in [0.25, 0.3) is 0 Å². The topological polar surface area (TPSA) is 24.5 Å². The van der Waals surface area contributed by atoms with Gasteiger partial charge in [0.2, 0.25) is 0 Å². The standard InChI is InChI=1S/C14H30N2O/c1-5-7-15-10-14(12(2)3)16-8-6-9-17-13(4)11-16/h12-15H,5-11H2,1-4H3. The third kappa shape index (κ3) is 5.36. The van der Waals surface area contributed by atoms with E-state index in [2.05, 4.69) is 37.9 Å². The number of nitrogens with zero attached hydrogens (tertiary/aromatic N) is 1. The first-order valence-corrected chi connectivity index (χ1v) is 7.21. The van der Waals surface area contributed by atoms with Gasteiger partial charge in [-0.1, -0.05) is 20.8 Å². The Balaban J connectivity index is 2.48. The van der Waals surface area contributed by atoms with Gasteiger partial charge in [0.15, 0.2) is 0 Å². The number of ether oxygens (including phenoxy) is 1. The molecule has 1 saturated heterocycles. The second kappa shape index (κ2) is 8.06. The fraction of sp³-hybridized carbons (Fsp3) is 1.00. The zero-order chi connectivity index (χ0) is 12.7. The van der Waals surface area contributed by atoms with Crippen LogP contribution in [0.3, 0.4) is 0 Å². The Hall–Kier alpha value is -0.120. The van der Waals surface area contributed by atoms with Gasteiger partial charge in [0.1, 0.15) is 0 Å². The highest BCUT2D eigenvalue weighted by Gasteiger charge is 2.24. The molecule has 0 saturated carbocycles. The molecule has 1 aliphatic heterocycles. The molecular weight excluding hydrogens is 212 g/mol. The van der Waals surface area contributed by atoms with Crippen molar-refractivity contribution < 1.29 is 4.74 Å². The van der Waals surface area contributed by atoms with Gasteiger partial charge in [0.05, 0.1) is 6.10 Å². The second-order valence-electron chi connectivity index (χ2n) is 5.55. The van der Waals surface area contributed by atoms with E-state index in [1.807, 2.05) is 0 Å². The minimum atomic E-state index is 0.380. The Kier molecular flexibility index (Phi) is 7.09. The highest BCUT2D eigenvalue weighted by Crippen LogP contribution is 2.15. The summed E-state index contributed by atoms with van der Waals surface area (Å²) < 4.78 is 5.73. The van der Waals surface area contributed by atoms with E-state index in [4.69, 9.17) is 4.74 Å². The van der Waals surface area contributed by atoms with Crippen LogP contribution in [0.15, 0.2) is 0 Å². The highest BCUT2D eigenvalue weighted by molar-refractivity contribution is 4.80. The van der Waals surface area contributed by atoms with Crippen LogP contribution in [0.5, 0.6) is 0 Å². The third-order valence-corrected chi connectivity index (χ3v) is 3.50.